The highest BCUT2D eigenvalue weighted by atomic mass is 19.3. The molecule has 0 aliphatic carbocycles. The van der Waals surface area contributed by atoms with E-state index in [0.29, 0.717) is 5.82 Å². The van der Waals surface area contributed by atoms with E-state index in [2.05, 4.69) is 15.2 Å². The summed E-state index contributed by atoms with van der Waals surface area (Å²) < 4.78 is 36.3. The summed E-state index contributed by atoms with van der Waals surface area (Å²) in [5, 5.41) is 7.22. The topological polar surface area (TPSA) is 65.4 Å². The third-order valence-corrected chi connectivity index (χ3v) is 4.14. The van der Waals surface area contributed by atoms with E-state index in [-0.39, 0.29) is 35.8 Å². The standard InChI is InChI=1S/C17H19F2N3O3/c1-9(2)22-16-12(8-20-22)11(7-15(23)21-16)10-4-5-13(25-17(18)19)14(6-10)24-3/h4-6,8-9,11,17H,7H2,1-3H3,(H,21,23). The van der Waals surface area contributed by atoms with Gasteiger partial charge in [-0.25, -0.2) is 4.68 Å². The average Bonchev–Trinajstić information content (AvgIpc) is 2.97. The minimum absolute atomic E-state index is 0.0420. The monoisotopic (exact) mass is 351 g/mol. The minimum atomic E-state index is -2.93. The van der Waals surface area contributed by atoms with Crippen molar-refractivity contribution in [3.05, 3.63) is 35.5 Å². The summed E-state index contributed by atoms with van der Waals surface area (Å²) >= 11 is 0. The Bertz CT molecular complexity index is 789. The molecule has 1 aromatic carbocycles. The number of nitrogens with one attached hydrogen (secondary N) is 1. The van der Waals surface area contributed by atoms with E-state index >= 15 is 0 Å². The van der Waals surface area contributed by atoms with Gasteiger partial charge in [-0.2, -0.15) is 13.9 Å². The number of alkyl halides is 2. The van der Waals surface area contributed by atoms with Gasteiger partial charge in [-0.15, -0.1) is 0 Å². The van der Waals surface area contributed by atoms with Gasteiger partial charge < -0.3 is 14.8 Å². The Labute approximate surface area is 143 Å². The second-order valence-electron chi connectivity index (χ2n) is 6.08. The number of fused-ring (bicyclic) bond motifs is 1. The summed E-state index contributed by atoms with van der Waals surface area (Å²) in [4.78, 5) is 12.1. The van der Waals surface area contributed by atoms with Crippen LogP contribution >= 0.6 is 0 Å². The molecule has 0 spiro atoms. The molecule has 134 valence electrons. The van der Waals surface area contributed by atoms with Crippen LogP contribution in [-0.2, 0) is 4.79 Å². The first-order valence-electron chi connectivity index (χ1n) is 7.90. The van der Waals surface area contributed by atoms with Crippen LogP contribution in [0.3, 0.4) is 0 Å². The fourth-order valence-electron chi connectivity index (χ4n) is 3.02. The smallest absolute Gasteiger partial charge is 0.387 e. The number of carbonyl (C=O) groups is 1. The first kappa shape index (κ1) is 17.2. The molecule has 2 heterocycles. The first-order chi connectivity index (χ1) is 11.9. The van der Waals surface area contributed by atoms with Gasteiger partial charge >= 0.3 is 6.61 Å². The van der Waals surface area contributed by atoms with Gasteiger partial charge in [-0.05, 0) is 31.5 Å². The molecule has 0 bridgehead atoms. The zero-order valence-corrected chi connectivity index (χ0v) is 14.1. The predicted molar refractivity (Wildman–Crippen MR) is 87.3 cm³/mol. The summed E-state index contributed by atoms with van der Waals surface area (Å²) in [5.41, 5.74) is 1.66. The first-order valence-corrected chi connectivity index (χ1v) is 7.90. The number of ether oxygens (including phenoxy) is 2. The second kappa shape index (κ2) is 6.70. The van der Waals surface area contributed by atoms with Crippen molar-refractivity contribution in [1.82, 2.24) is 9.78 Å². The molecule has 0 radical (unpaired) electrons. The molecule has 1 aliphatic heterocycles. The molecule has 1 N–H and O–H groups in total. The quantitative estimate of drug-likeness (QED) is 0.895. The van der Waals surface area contributed by atoms with Crippen molar-refractivity contribution in [2.24, 2.45) is 0 Å². The van der Waals surface area contributed by atoms with Crippen LogP contribution in [0.1, 0.15) is 43.4 Å². The number of aromatic nitrogens is 2. The Balaban J connectivity index is 2.01. The van der Waals surface area contributed by atoms with Crippen LogP contribution in [0.4, 0.5) is 14.6 Å². The second-order valence-corrected chi connectivity index (χ2v) is 6.08. The maximum Gasteiger partial charge on any atom is 0.387 e. The molecule has 8 heteroatoms. The fraction of sp³-hybridized carbons (Fsp3) is 0.412. The Morgan fingerprint density at radius 2 is 2.08 bits per heavy atom. The van der Waals surface area contributed by atoms with E-state index in [1.807, 2.05) is 13.8 Å². The van der Waals surface area contributed by atoms with Gasteiger partial charge in [-0.3, -0.25) is 4.79 Å². The van der Waals surface area contributed by atoms with Gasteiger partial charge in [0.2, 0.25) is 5.91 Å². The minimum Gasteiger partial charge on any atom is -0.493 e. The number of carbonyl (C=O) groups excluding carboxylic acids is 1. The number of halogens is 2. The Morgan fingerprint density at radius 3 is 2.72 bits per heavy atom. The fourth-order valence-corrected chi connectivity index (χ4v) is 3.02. The van der Waals surface area contributed by atoms with Crippen molar-refractivity contribution >= 4 is 11.7 Å². The summed E-state index contributed by atoms with van der Waals surface area (Å²) in [5.74, 6) is 0.474. The summed E-state index contributed by atoms with van der Waals surface area (Å²) in [7, 11) is 1.38. The normalized spacial score (nSPS) is 16.8. The van der Waals surface area contributed by atoms with E-state index in [1.165, 1.54) is 13.2 Å². The van der Waals surface area contributed by atoms with Gasteiger partial charge in [-0.1, -0.05) is 6.07 Å². The number of methoxy groups -OCH3 is 1. The van der Waals surface area contributed by atoms with Gasteiger partial charge in [0.15, 0.2) is 11.5 Å². The molecule has 1 aromatic heterocycles. The maximum absolute atomic E-state index is 12.5. The third-order valence-electron chi connectivity index (χ3n) is 4.14. The van der Waals surface area contributed by atoms with Crippen molar-refractivity contribution in [3.63, 3.8) is 0 Å². The van der Waals surface area contributed by atoms with Gasteiger partial charge in [0.1, 0.15) is 5.82 Å². The molecular formula is C17H19F2N3O3. The maximum atomic E-state index is 12.5. The van der Waals surface area contributed by atoms with Gasteiger partial charge in [0.05, 0.1) is 13.3 Å². The Hall–Kier alpha value is -2.64. The van der Waals surface area contributed by atoms with Crippen LogP contribution < -0.4 is 14.8 Å². The van der Waals surface area contributed by atoms with Gasteiger partial charge in [0, 0.05) is 23.9 Å². The van der Waals surface area contributed by atoms with Crippen LogP contribution in [0.5, 0.6) is 11.5 Å². The van der Waals surface area contributed by atoms with E-state index in [9.17, 15) is 13.6 Å². The lowest BCUT2D eigenvalue weighted by Gasteiger charge is -2.25. The molecule has 2 aromatic rings. The van der Waals surface area contributed by atoms with E-state index in [1.54, 1.807) is 23.0 Å². The summed E-state index contributed by atoms with van der Waals surface area (Å²) in [6.07, 6.45) is 1.98. The predicted octanol–water partition coefficient (Wildman–Crippen LogP) is 3.55. The molecule has 3 rings (SSSR count). The molecule has 1 unspecified atom stereocenters. The number of benzene rings is 1. The van der Waals surface area contributed by atoms with Crippen molar-refractivity contribution in [3.8, 4) is 11.5 Å². The van der Waals surface area contributed by atoms with Gasteiger partial charge in [0.25, 0.3) is 0 Å². The van der Waals surface area contributed by atoms with Crippen molar-refractivity contribution < 1.29 is 23.0 Å². The zero-order valence-electron chi connectivity index (χ0n) is 14.1. The molecule has 25 heavy (non-hydrogen) atoms. The number of nitrogens with zero attached hydrogens (tertiary/aromatic N) is 2. The SMILES string of the molecule is COc1cc(C2CC(=O)Nc3c2cnn3C(C)C)ccc1OC(F)F. The number of amides is 1. The largest absolute Gasteiger partial charge is 0.493 e. The lowest BCUT2D eigenvalue weighted by atomic mass is 9.87. The molecule has 1 aliphatic rings. The number of hydrogen-bond donors (Lipinski definition) is 1. The molecule has 0 saturated carbocycles. The number of hydrogen-bond acceptors (Lipinski definition) is 4. The molecule has 0 fully saturated rings. The molecular weight excluding hydrogens is 332 g/mol. The Morgan fingerprint density at radius 1 is 1.32 bits per heavy atom. The van der Waals surface area contributed by atoms with Crippen LogP contribution in [0.15, 0.2) is 24.4 Å². The Kier molecular flexibility index (Phi) is 4.61. The lowest BCUT2D eigenvalue weighted by Crippen LogP contribution is -2.25. The summed E-state index contributed by atoms with van der Waals surface area (Å²) in [6.45, 7) is 1.02. The van der Waals surface area contributed by atoms with Crippen LogP contribution in [0.25, 0.3) is 0 Å². The van der Waals surface area contributed by atoms with E-state index < -0.39 is 6.61 Å². The molecule has 6 nitrogen and oxygen atoms in total. The van der Waals surface area contributed by atoms with Crippen LogP contribution in [-0.4, -0.2) is 29.4 Å². The van der Waals surface area contributed by atoms with Crippen molar-refractivity contribution in [1.29, 1.82) is 0 Å². The highest BCUT2D eigenvalue weighted by Gasteiger charge is 2.31. The molecule has 0 saturated heterocycles. The highest BCUT2D eigenvalue weighted by molar-refractivity contribution is 5.94. The lowest BCUT2D eigenvalue weighted by molar-refractivity contribution is -0.116. The highest BCUT2D eigenvalue weighted by Crippen LogP contribution is 2.40. The number of anilines is 1. The van der Waals surface area contributed by atoms with E-state index in [0.717, 1.165) is 11.1 Å². The zero-order chi connectivity index (χ0) is 18.1. The van der Waals surface area contributed by atoms with Crippen LogP contribution in [0.2, 0.25) is 0 Å². The third kappa shape index (κ3) is 3.29. The average molecular weight is 351 g/mol. The van der Waals surface area contributed by atoms with E-state index in [4.69, 9.17) is 4.74 Å². The summed E-state index contributed by atoms with van der Waals surface area (Å²) in [6, 6.07) is 4.82. The number of rotatable bonds is 5. The molecule has 1 amide bonds. The van der Waals surface area contributed by atoms with Crippen molar-refractivity contribution in [2.75, 3.05) is 12.4 Å². The van der Waals surface area contributed by atoms with Crippen LogP contribution in [0, 0.1) is 0 Å². The molecule has 1 atom stereocenters. The van der Waals surface area contributed by atoms with Crippen molar-refractivity contribution in [2.45, 2.75) is 38.8 Å².